The molecule has 0 radical (unpaired) electrons. The molecule has 2 aliphatic heterocycles. The van der Waals surface area contributed by atoms with E-state index in [1.165, 1.54) is 19.1 Å². The number of urea groups is 1. The summed E-state index contributed by atoms with van der Waals surface area (Å²) in [5.41, 5.74) is -1.22. The van der Waals surface area contributed by atoms with Crippen LogP contribution in [0, 0.1) is 10.1 Å². The van der Waals surface area contributed by atoms with E-state index < -0.39 is 34.9 Å². The summed E-state index contributed by atoms with van der Waals surface area (Å²) in [5.74, 6) is -0.348. The number of hydrogen-bond acceptors (Lipinski definition) is 7. The van der Waals surface area contributed by atoms with Gasteiger partial charge in [0.25, 0.3) is 11.6 Å². The van der Waals surface area contributed by atoms with E-state index in [2.05, 4.69) is 10.6 Å². The monoisotopic (exact) mass is 460 g/mol. The first-order valence-corrected chi connectivity index (χ1v) is 9.85. The van der Waals surface area contributed by atoms with E-state index in [9.17, 15) is 24.5 Å². The number of carbonyl (C=O) groups is 3. The van der Waals surface area contributed by atoms with E-state index in [0.717, 1.165) is 11.0 Å². The molecule has 0 spiro atoms. The van der Waals surface area contributed by atoms with Crippen molar-refractivity contribution < 1.29 is 28.8 Å². The van der Waals surface area contributed by atoms with Gasteiger partial charge in [-0.3, -0.25) is 24.6 Å². The van der Waals surface area contributed by atoms with Crippen LogP contribution in [0.1, 0.15) is 12.5 Å². The van der Waals surface area contributed by atoms with Crippen molar-refractivity contribution in [2.45, 2.75) is 12.5 Å². The molecule has 0 aliphatic carbocycles. The topological polar surface area (TPSA) is 140 Å². The number of hydrogen-bond donors (Lipinski definition) is 2. The third-order valence-electron chi connectivity index (χ3n) is 5.12. The van der Waals surface area contributed by atoms with E-state index >= 15 is 0 Å². The van der Waals surface area contributed by atoms with Crippen molar-refractivity contribution in [3.63, 3.8) is 0 Å². The van der Waals surface area contributed by atoms with Gasteiger partial charge in [-0.2, -0.15) is 0 Å². The molecule has 0 saturated carbocycles. The SMILES string of the molecule is CC1(c2ccc3c(c2)OCCO3)NC(=O)N(CC(=O)Nc2ccc(Cl)c([N+](=O)[O-])c2)C1=O. The molecule has 32 heavy (non-hydrogen) atoms. The molecule has 2 aromatic rings. The lowest BCUT2D eigenvalue weighted by Crippen LogP contribution is -2.42. The fraction of sp³-hybridized carbons (Fsp3) is 0.250. The number of nitrogens with zero attached hydrogens (tertiary/aromatic N) is 2. The van der Waals surface area contributed by atoms with Gasteiger partial charge < -0.3 is 20.1 Å². The van der Waals surface area contributed by atoms with Gasteiger partial charge in [-0.25, -0.2) is 4.79 Å². The maximum Gasteiger partial charge on any atom is 0.325 e. The Kier molecular flexibility index (Phi) is 5.35. The number of nitro groups is 1. The third-order valence-corrected chi connectivity index (χ3v) is 5.44. The number of benzene rings is 2. The summed E-state index contributed by atoms with van der Waals surface area (Å²) in [7, 11) is 0. The predicted octanol–water partition coefficient (Wildman–Crippen LogP) is 2.43. The van der Waals surface area contributed by atoms with Crippen LogP contribution in [-0.4, -0.2) is 47.4 Å². The summed E-state index contributed by atoms with van der Waals surface area (Å²) >= 11 is 5.76. The average molecular weight is 461 g/mol. The predicted molar refractivity (Wildman–Crippen MR) is 112 cm³/mol. The van der Waals surface area contributed by atoms with Crippen molar-refractivity contribution in [1.29, 1.82) is 0 Å². The molecule has 11 nitrogen and oxygen atoms in total. The first-order valence-electron chi connectivity index (χ1n) is 9.47. The number of rotatable bonds is 5. The van der Waals surface area contributed by atoms with Gasteiger partial charge in [0.05, 0.1) is 4.92 Å². The number of fused-ring (bicyclic) bond motifs is 1. The Balaban J connectivity index is 1.50. The van der Waals surface area contributed by atoms with E-state index in [-0.39, 0.29) is 16.4 Å². The van der Waals surface area contributed by atoms with E-state index in [4.69, 9.17) is 21.1 Å². The maximum atomic E-state index is 13.1. The van der Waals surface area contributed by atoms with Crippen LogP contribution in [0.3, 0.4) is 0 Å². The maximum absolute atomic E-state index is 13.1. The standard InChI is InChI=1S/C20H17ClN4O7/c1-20(11-2-5-15-16(8-11)32-7-6-31-15)18(27)24(19(28)23-20)10-17(26)22-12-3-4-13(21)14(9-12)25(29)30/h2-5,8-9H,6-7,10H2,1H3,(H,22,26)(H,23,28). The van der Waals surface area contributed by atoms with Gasteiger partial charge in [-0.15, -0.1) is 0 Å². The summed E-state index contributed by atoms with van der Waals surface area (Å²) in [4.78, 5) is 49.1. The van der Waals surface area contributed by atoms with Crippen LogP contribution in [0.25, 0.3) is 0 Å². The van der Waals surface area contributed by atoms with Crippen LogP contribution in [0.2, 0.25) is 5.02 Å². The average Bonchev–Trinajstić information content (AvgIpc) is 2.98. The molecule has 12 heteroatoms. The summed E-state index contributed by atoms with van der Waals surface area (Å²) in [6.07, 6.45) is 0. The summed E-state index contributed by atoms with van der Waals surface area (Å²) < 4.78 is 11.0. The first kappa shape index (κ1) is 21.4. The van der Waals surface area contributed by atoms with Gasteiger partial charge in [-0.1, -0.05) is 17.7 Å². The van der Waals surface area contributed by atoms with E-state index in [1.54, 1.807) is 18.2 Å². The van der Waals surface area contributed by atoms with Crippen molar-refractivity contribution in [1.82, 2.24) is 10.2 Å². The minimum absolute atomic E-state index is 0.0858. The van der Waals surface area contributed by atoms with Gasteiger partial charge in [0, 0.05) is 11.8 Å². The molecule has 1 fully saturated rings. The molecular weight excluding hydrogens is 444 g/mol. The Morgan fingerprint density at radius 2 is 1.94 bits per heavy atom. The number of amides is 4. The first-order chi connectivity index (χ1) is 15.2. The highest BCUT2D eigenvalue weighted by Gasteiger charge is 2.49. The van der Waals surface area contributed by atoms with Crippen molar-refractivity contribution in [2.75, 3.05) is 25.1 Å². The number of halogens is 1. The number of carbonyl (C=O) groups excluding carboxylic acids is 3. The number of ether oxygens (including phenoxy) is 2. The quantitative estimate of drug-likeness (QED) is 0.396. The fourth-order valence-electron chi connectivity index (χ4n) is 3.47. The van der Waals surface area contributed by atoms with Crippen LogP contribution in [-0.2, 0) is 15.1 Å². The molecule has 0 bridgehead atoms. The Morgan fingerprint density at radius 1 is 1.22 bits per heavy atom. The van der Waals surface area contributed by atoms with Crippen molar-refractivity contribution in [3.8, 4) is 11.5 Å². The van der Waals surface area contributed by atoms with Crippen molar-refractivity contribution >= 4 is 40.8 Å². The lowest BCUT2D eigenvalue weighted by Gasteiger charge is -2.25. The second kappa shape index (κ2) is 8.00. The zero-order valence-electron chi connectivity index (χ0n) is 16.7. The van der Waals surface area contributed by atoms with E-state index in [0.29, 0.717) is 30.3 Å². The molecule has 2 heterocycles. The molecule has 166 valence electrons. The molecule has 2 N–H and O–H groups in total. The van der Waals surface area contributed by atoms with Crippen LogP contribution in [0.5, 0.6) is 11.5 Å². The second-order valence-corrected chi connectivity index (χ2v) is 7.68. The van der Waals surface area contributed by atoms with Gasteiger partial charge in [0.15, 0.2) is 11.5 Å². The third kappa shape index (κ3) is 3.78. The van der Waals surface area contributed by atoms with Crippen LogP contribution < -0.4 is 20.1 Å². The van der Waals surface area contributed by atoms with Gasteiger partial charge in [0.2, 0.25) is 5.91 Å². The Morgan fingerprint density at radius 3 is 2.66 bits per heavy atom. The van der Waals surface area contributed by atoms with Gasteiger partial charge in [0.1, 0.15) is 30.3 Å². The summed E-state index contributed by atoms with van der Waals surface area (Å²) in [6, 6.07) is 7.89. The molecule has 4 rings (SSSR count). The van der Waals surface area contributed by atoms with Gasteiger partial charge >= 0.3 is 6.03 Å². The normalized spacial score (nSPS) is 19.5. The molecular formula is C20H17ClN4O7. The Bertz CT molecular complexity index is 1150. The fourth-order valence-corrected chi connectivity index (χ4v) is 3.65. The molecule has 1 unspecified atom stereocenters. The van der Waals surface area contributed by atoms with E-state index in [1.807, 2.05) is 0 Å². The molecule has 1 saturated heterocycles. The molecule has 1 atom stereocenters. The van der Waals surface area contributed by atoms with Crippen LogP contribution in [0.15, 0.2) is 36.4 Å². The molecule has 4 amide bonds. The van der Waals surface area contributed by atoms with Crippen LogP contribution >= 0.6 is 11.6 Å². The highest BCUT2D eigenvalue weighted by atomic mass is 35.5. The zero-order valence-corrected chi connectivity index (χ0v) is 17.5. The minimum atomic E-state index is -1.41. The van der Waals surface area contributed by atoms with Crippen LogP contribution in [0.4, 0.5) is 16.2 Å². The zero-order chi connectivity index (χ0) is 23.0. The van der Waals surface area contributed by atoms with Crippen molar-refractivity contribution in [3.05, 3.63) is 57.1 Å². The number of imide groups is 1. The lowest BCUT2D eigenvalue weighted by atomic mass is 9.91. The number of nitrogens with one attached hydrogen (secondary N) is 2. The number of nitro benzene ring substituents is 1. The van der Waals surface area contributed by atoms with Gasteiger partial charge in [-0.05, 0) is 36.8 Å². The Labute approximate surface area is 186 Å². The lowest BCUT2D eigenvalue weighted by molar-refractivity contribution is -0.384. The highest BCUT2D eigenvalue weighted by molar-refractivity contribution is 6.32. The largest absolute Gasteiger partial charge is 0.486 e. The Hall–Kier alpha value is -3.86. The smallest absolute Gasteiger partial charge is 0.325 e. The minimum Gasteiger partial charge on any atom is -0.486 e. The second-order valence-electron chi connectivity index (χ2n) is 7.28. The molecule has 0 aromatic heterocycles. The highest BCUT2D eigenvalue weighted by Crippen LogP contribution is 2.37. The summed E-state index contributed by atoms with van der Waals surface area (Å²) in [5, 5.41) is 16.0. The summed E-state index contributed by atoms with van der Waals surface area (Å²) in [6.45, 7) is 1.72. The number of anilines is 1. The van der Waals surface area contributed by atoms with Crippen molar-refractivity contribution in [2.24, 2.45) is 0 Å². The molecule has 2 aliphatic rings. The molecule has 2 aromatic carbocycles.